The number of aryl methyl sites for hydroxylation is 1. The summed E-state index contributed by atoms with van der Waals surface area (Å²) in [7, 11) is 1.91. The lowest BCUT2D eigenvalue weighted by Gasteiger charge is -2.29. The maximum absolute atomic E-state index is 12.0. The van der Waals surface area contributed by atoms with E-state index in [1.807, 2.05) is 24.1 Å². The molecule has 0 saturated heterocycles. The van der Waals surface area contributed by atoms with Crippen LogP contribution < -0.4 is 16.0 Å². The predicted molar refractivity (Wildman–Crippen MR) is 75.0 cm³/mol. The van der Waals surface area contributed by atoms with Gasteiger partial charge in [-0.15, -0.1) is 0 Å². The first-order valence-electron chi connectivity index (χ1n) is 6.57. The van der Waals surface area contributed by atoms with Crippen LogP contribution in [0, 0.1) is 0 Å². The van der Waals surface area contributed by atoms with Gasteiger partial charge in [-0.25, -0.2) is 0 Å². The van der Waals surface area contributed by atoms with Crippen LogP contribution in [0.25, 0.3) is 0 Å². The van der Waals surface area contributed by atoms with Crippen LogP contribution in [-0.2, 0) is 11.2 Å². The molecular formula is C14H21N3O. The molecule has 0 aliphatic carbocycles. The Morgan fingerprint density at radius 2 is 2.17 bits per heavy atom. The van der Waals surface area contributed by atoms with Crippen molar-refractivity contribution in [3.8, 4) is 0 Å². The zero-order valence-electron chi connectivity index (χ0n) is 10.9. The maximum Gasteiger partial charge on any atom is 0.227 e. The number of carbonyl (C=O) groups is 1. The van der Waals surface area contributed by atoms with E-state index in [0.717, 1.165) is 37.2 Å². The van der Waals surface area contributed by atoms with Gasteiger partial charge in [-0.05, 0) is 49.6 Å². The van der Waals surface area contributed by atoms with E-state index in [-0.39, 0.29) is 5.91 Å². The van der Waals surface area contributed by atoms with Crippen molar-refractivity contribution in [2.24, 2.45) is 5.73 Å². The lowest BCUT2D eigenvalue weighted by molar-refractivity contribution is -0.118. The summed E-state index contributed by atoms with van der Waals surface area (Å²) >= 11 is 0. The lowest BCUT2D eigenvalue weighted by atomic mass is 10.00. The monoisotopic (exact) mass is 247 g/mol. The van der Waals surface area contributed by atoms with Gasteiger partial charge in [-0.2, -0.15) is 0 Å². The molecule has 3 N–H and O–H groups in total. The molecule has 98 valence electrons. The van der Waals surface area contributed by atoms with Gasteiger partial charge in [0.2, 0.25) is 5.91 Å². The van der Waals surface area contributed by atoms with Crippen LogP contribution >= 0.6 is 0 Å². The van der Waals surface area contributed by atoms with Crippen LogP contribution in [0.2, 0.25) is 0 Å². The SMILES string of the molecule is CNc1ccc2c(c1)CCC(=O)N2CCCCN. The molecule has 2 rings (SSSR count). The summed E-state index contributed by atoms with van der Waals surface area (Å²) in [4.78, 5) is 13.9. The average Bonchev–Trinajstić information content (AvgIpc) is 2.41. The van der Waals surface area contributed by atoms with Crippen molar-refractivity contribution in [1.82, 2.24) is 0 Å². The second kappa shape index (κ2) is 5.87. The summed E-state index contributed by atoms with van der Waals surface area (Å²) in [6, 6.07) is 6.20. The third-order valence-electron chi connectivity index (χ3n) is 3.40. The van der Waals surface area contributed by atoms with Gasteiger partial charge in [0.15, 0.2) is 0 Å². The molecule has 0 bridgehead atoms. The molecule has 4 heteroatoms. The van der Waals surface area contributed by atoms with Crippen molar-refractivity contribution in [3.63, 3.8) is 0 Å². The first-order chi connectivity index (χ1) is 8.76. The number of benzene rings is 1. The van der Waals surface area contributed by atoms with Crippen molar-refractivity contribution in [2.75, 3.05) is 30.4 Å². The molecule has 1 aromatic carbocycles. The minimum Gasteiger partial charge on any atom is -0.388 e. The Labute approximate surface area is 108 Å². The van der Waals surface area contributed by atoms with Gasteiger partial charge in [0, 0.05) is 31.4 Å². The van der Waals surface area contributed by atoms with Crippen molar-refractivity contribution in [3.05, 3.63) is 23.8 Å². The average molecular weight is 247 g/mol. The van der Waals surface area contributed by atoms with Crippen LogP contribution in [0.5, 0.6) is 0 Å². The first-order valence-corrected chi connectivity index (χ1v) is 6.57. The molecule has 1 heterocycles. The molecule has 0 spiro atoms. The minimum absolute atomic E-state index is 0.233. The Hall–Kier alpha value is -1.55. The van der Waals surface area contributed by atoms with E-state index in [1.54, 1.807) is 0 Å². The summed E-state index contributed by atoms with van der Waals surface area (Å²) < 4.78 is 0. The highest BCUT2D eigenvalue weighted by Crippen LogP contribution is 2.30. The lowest BCUT2D eigenvalue weighted by Crippen LogP contribution is -2.36. The van der Waals surface area contributed by atoms with Gasteiger partial charge in [0.25, 0.3) is 0 Å². The van der Waals surface area contributed by atoms with Crippen molar-refractivity contribution >= 4 is 17.3 Å². The highest BCUT2D eigenvalue weighted by atomic mass is 16.2. The van der Waals surface area contributed by atoms with E-state index in [0.29, 0.717) is 13.0 Å². The number of hydrogen-bond donors (Lipinski definition) is 2. The topological polar surface area (TPSA) is 58.4 Å². The van der Waals surface area contributed by atoms with Crippen molar-refractivity contribution in [2.45, 2.75) is 25.7 Å². The largest absolute Gasteiger partial charge is 0.388 e. The maximum atomic E-state index is 12.0. The Bertz CT molecular complexity index is 431. The fourth-order valence-electron chi connectivity index (χ4n) is 2.37. The molecule has 1 aliphatic rings. The predicted octanol–water partition coefficient (Wildman–Crippen LogP) is 1.75. The number of nitrogens with one attached hydrogen (secondary N) is 1. The molecule has 4 nitrogen and oxygen atoms in total. The number of nitrogens with zero attached hydrogens (tertiary/aromatic N) is 1. The van der Waals surface area contributed by atoms with E-state index < -0.39 is 0 Å². The normalized spacial score (nSPS) is 14.6. The van der Waals surface area contributed by atoms with E-state index in [1.165, 1.54) is 5.56 Å². The number of unbranched alkanes of at least 4 members (excludes halogenated alkanes) is 1. The Kier molecular flexibility index (Phi) is 4.20. The summed E-state index contributed by atoms with van der Waals surface area (Å²) in [6.07, 6.45) is 3.39. The van der Waals surface area contributed by atoms with Gasteiger partial charge in [0.05, 0.1) is 0 Å². The molecule has 0 aromatic heterocycles. The summed E-state index contributed by atoms with van der Waals surface area (Å²) in [5.74, 6) is 0.233. The molecule has 0 atom stereocenters. The second-order valence-electron chi connectivity index (χ2n) is 4.63. The fraction of sp³-hybridized carbons (Fsp3) is 0.500. The van der Waals surface area contributed by atoms with Crippen LogP contribution in [-0.4, -0.2) is 26.0 Å². The molecular weight excluding hydrogens is 226 g/mol. The number of amides is 1. The van der Waals surface area contributed by atoms with Gasteiger partial charge < -0.3 is 16.0 Å². The zero-order chi connectivity index (χ0) is 13.0. The van der Waals surface area contributed by atoms with Crippen molar-refractivity contribution in [1.29, 1.82) is 0 Å². The van der Waals surface area contributed by atoms with E-state index >= 15 is 0 Å². The minimum atomic E-state index is 0.233. The van der Waals surface area contributed by atoms with Gasteiger partial charge in [-0.1, -0.05) is 0 Å². The second-order valence-corrected chi connectivity index (χ2v) is 4.63. The first kappa shape index (κ1) is 12.9. The molecule has 1 aliphatic heterocycles. The Morgan fingerprint density at radius 1 is 1.33 bits per heavy atom. The molecule has 18 heavy (non-hydrogen) atoms. The number of nitrogens with two attached hydrogens (primary N) is 1. The number of rotatable bonds is 5. The molecule has 1 aromatic rings. The molecule has 0 unspecified atom stereocenters. The van der Waals surface area contributed by atoms with Crippen LogP contribution in [0.3, 0.4) is 0 Å². The smallest absolute Gasteiger partial charge is 0.227 e. The number of anilines is 2. The third-order valence-corrected chi connectivity index (χ3v) is 3.40. The standard InChI is InChI=1S/C14H21N3O/c1-16-12-5-6-13-11(10-12)4-7-14(18)17(13)9-3-2-8-15/h5-6,10,16H,2-4,7-9,15H2,1H3. The molecule has 0 radical (unpaired) electrons. The van der Waals surface area contributed by atoms with Gasteiger partial charge >= 0.3 is 0 Å². The van der Waals surface area contributed by atoms with Crippen LogP contribution in [0.1, 0.15) is 24.8 Å². The molecule has 0 fully saturated rings. The summed E-state index contributed by atoms with van der Waals surface area (Å²) in [5.41, 5.74) is 8.93. The van der Waals surface area contributed by atoms with Crippen LogP contribution in [0.15, 0.2) is 18.2 Å². The molecule has 0 saturated carbocycles. The molecule has 1 amide bonds. The number of carbonyl (C=O) groups excluding carboxylic acids is 1. The fourth-order valence-corrected chi connectivity index (χ4v) is 2.37. The highest BCUT2D eigenvalue weighted by molar-refractivity contribution is 5.96. The highest BCUT2D eigenvalue weighted by Gasteiger charge is 2.23. The van der Waals surface area contributed by atoms with Crippen LogP contribution in [0.4, 0.5) is 11.4 Å². The zero-order valence-corrected chi connectivity index (χ0v) is 10.9. The van der Waals surface area contributed by atoms with E-state index in [9.17, 15) is 4.79 Å². The van der Waals surface area contributed by atoms with Crippen molar-refractivity contribution < 1.29 is 4.79 Å². The van der Waals surface area contributed by atoms with Gasteiger partial charge in [0.1, 0.15) is 0 Å². The van der Waals surface area contributed by atoms with E-state index in [2.05, 4.69) is 11.4 Å². The Balaban J connectivity index is 2.18. The third kappa shape index (κ3) is 2.64. The summed E-state index contributed by atoms with van der Waals surface area (Å²) in [6.45, 7) is 1.47. The Morgan fingerprint density at radius 3 is 2.89 bits per heavy atom. The van der Waals surface area contributed by atoms with Gasteiger partial charge in [-0.3, -0.25) is 4.79 Å². The summed E-state index contributed by atoms with van der Waals surface area (Å²) in [5, 5.41) is 3.14. The quantitative estimate of drug-likeness (QED) is 0.779. The number of fused-ring (bicyclic) bond motifs is 1. The number of hydrogen-bond acceptors (Lipinski definition) is 3. The van der Waals surface area contributed by atoms with E-state index in [4.69, 9.17) is 5.73 Å².